The van der Waals surface area contributed by atoms with Crippen LogP contribution in [0.4, 0.5) is 5.69 Å². The Balaban J connectivity index is 2.09. The van der Waals surface area contributed by atoms with E-state index in [2.05, 4.69) is 20.6 Å². The third-order valence-electron chi connectivity index (χ3n) is 2.72. The first-order valence-electron chi connectivity index (χ1n) is 6.53. The number of rotatable bonds is 5. The molecule has 6 nitrogen and oxygen atoms in total. The number of amides is 1. The van der Waals surface area contributed by atoms with E-state index in [-0.39, 0.29) is 11.9 Å². The van der Waals surface area contributed by atoms with Crippen LogP contribution < -0.4 is 10.6 Å². The monoisotopic (exact) mass is 274 g/mol. The normalized spacial score (nSPS) is 11.9. The number of hydrogen-bond acceptors (Lipinski definition) is 5. The Morgan fingerprint density at radius 3 is 2.90 bits per heavy atom. The van der Waals surface area contributed by atoms with E-state index < -0.39 is 0 Å². The minimum Gasteiger partial charge on any atom is -0.444 e. The summed E-state index contributed by atoms with van der Waals surface area (Å²) in [7, 11) is 0. The van der Waals surface area contributed by atoms with Gasteiger partial charge in [0.1, 0.15) is 17.5 Å². The second kappa shape index (κ2) is 6.18. The van der Waals surface area contributed by atoms with Crippen LogP contribution >= 0.6 is 0 Å². The molecule has 1 atom stereocenters. The van der Waals surface area contributed by atoms with Gasteiger partial charge in [0.25, 0.3) is 5.91 Å². The molecule has 0 saturated heterocycles. The Hall–Kier alpha value is -2.37. The zero-order valence-corrected chi connectivity index (χ0v) is 11.8. The number of carbonyl (C=O) groups is 1. The number of hydrogen-bond donors (Lipinski definition) is 2. The molecule has 106 valence electrons. The molecule has 0 aliphatic rings. The third kappa shape index (κ3) is 3.34. The van der Waals surface area contributed by atoms with E-state index in [1.54, 1.807) is 24.5 Å². The summed E-state index contributed by atoms with van der Waals surface area (Å²) in [5, 5.41) is 5.95. The lowest BCUT2D eigenvalue weighted by molar-refractivity contribution is 0.0951. The van der Waals surface area contributed by atoms with Crippen molar-refractivity contribution in [2.45, 2.75) is 26.8 Å². The van der Waals surface area contributed by atoms with Crippen molar-refractivity contribution < 1.29 is 9.21 Å². The van der Waals surface area contributed by atoms with Crippen LogP contribution in [0, 0.1) is 6.92 Å². The zero-order chi connectivity index (χ0) is 14.5. The molecular weight excluding hydrogens is 256 g/mol. The fourth-order valence-electron chi connectivity index (χ4n) is 1.78. The largest absolute Gasteiger partial charge is 0.444 e. The van der Waals surface area contributed by atoms with Crippen LogP contribution in [-0.2, 0) is 0 Å². The zero-order valence-electron chi connectivity index (χ0n) is 11.8. The molecule has 2 aromatic rings. The molecule has 0 spiro atoms. The Morgan fingerprint density at radius 2 is 2.25 bits per heavy atom. The van der Waals surface area contributed by atoms with Gasteiger partial charge in [-0.2, -0.15) is 0 Å². The fourth-order valence-corrected chi connectivity index (χ4v) is 1.78. The van der Waals surface area contributed by atoms with Gasteiger partial charge in [-0.1, -0.05) is 0 Å². The third-order valence-corrected chi connectivity index (χ3v) is 2.72. The van der Waals surface area contributed by atoms with E-state index in [1.165, 1.54) is 0 Å². The van der Waals surface area contributed by atoms with Crippen LogP contribution in [0.5, 0.6) is 0 Å². The van der Waals surface area contributed by atoms with E-state index >= 15 is 0 Å². The molecule has 0 saturated carbocycles. The van der Waals surface area contributed by atoms with Crippen molar-refractivity contribution in [2.75, 3.05) is 11.9 Å². The molecule has 2 rings (SSSR count). The topological polar surface area (TPSA) is 80.0 Å². The Morgan fingerprint density at radius 1 is 1.45 bits per heavy atom. The number of nitrogens with zero attached hydrogens (tertiary/aromatic N) is 2. The standard InChI is InChI=1S/C14H18N4O2/c1-4-15-13(19)12-7-11(5-6-16-12)18-10(3)14-17-8-9(2)20-14/h5-8,10H,4H2,1-3H3,(H,15,19)(H,16,18). The molecule has 0 radical (unpaired) electrons. The summed E-state index contributed by atoms with van der Waals surface area (Å²) in [6, 6.07) is 3.42. The molecule has 0 bridgehead atoms. The number of anilines is 1. The van der Waals surface area contributed by atoms with Crippen molar-refractivity contribution in [3.8, 4) is 0 Å². The number of nitrogens with one attached hydrogen (secondary N) is 2. The predicted molar refractivity (Wildman–Crippen MR) is 75.5 cm³/mol. The SMILES string of the molecule is CCNC(=O)c1cc(NC(C)c2ncc(C)o2)ccn1. The van der Waals surface area contributed by atoms with E-state index in [0.717, 1.165) is 11.4 Å². The van der Waals surface area contributed by atoms with Crippen molar-refractivity contribution >= 4 is 11.6 Å². The smallest absolute Gasteiger partial charge is 0.269 e. The van der Waals surface area contributed by atoms with Crippen molar-refractivity contribution in [3.63, 3.8) is 0 Å². The van der Waals surface area contributed by atoms with Gasteiger partial charge in [-0.3, -0.25) is 9.78 Å². The summed E-state index contributed by atoms with van der Waals surface area (Å²) in [6.45, 7) is 6.23. The lowest BCUT2D eigenvalue weighted by atomic mass is 10.2. The second-order valence-electron chi connectivity index (χ2n) is 4.46. The second-order valence-corrected chi connectivity index (χ2v) is 4.46. The average molecular weight is 274 g/mol. The molecule has 2 N–H and O–H groups in total. The first kappa shape index (κ1) is 14.0. The van der Waals surface area contributed by atoms with Crippen molar-refractivity contribution in [1.29, 1.82) is 0 Å². The molecule has 1 amide bonds. The highest BCUT2D eigenvalue weighted by molar-refractivity contribution is 5.93. The Bertz CT molecular complexity index is 594. The number of aryl methyl sites for hydroxylation is 1. The Kier molecular flexibility index (Phi) is 4.34. The highest BCUT2D eigenvalue weighted by Gasteiger charge is 2.12. The summed E-state index contributed by atoms with van der Waals surface area (Å²) in [6.07, 6.45) is 3.28. The number of aromatic nitrogens is 2. The first-order chi connectivity index (χ1) is 9.60. The number of carbonyl (C=O) groups excluding carboxylic acids is 1. The predicted octanol–water partition coefficient (Wildman–Crippen LogP) is 2.30. The van der Waals surface area contributed by atoms with Gasteiger partial charge >= 0.3 is 0 Å². The van der Waals surface area contributed by atoms with Gasteiger partial charge in [0.15, 0.2) is 0 Å². The molecular formula is C14H18N4O2. The number of pyridine rings is 1. The van der Waals surface area contributed by atoms with Gasteiger partial charge in [-0.15, -0.1) is 0 Å². The maximum absolute atomic E-state index is 11.7. The molecule has 6 heteroatoms. The lowest BCUT2D eigenvalue weighted by Gasteiger charge is -2.12. The summed E-state index contributed by atoms with van der Waals surface area (Å²) in [5.74, 6) is 1.20. The van der Waals surface area contributed by atoms with E-state index in [1.807, 2.05) is 20.8 Å². The van der Waals surface area contributed by atoms with Crippen molar-refractivity contribution in [2.24, 2.45) is 0 Å². The fraction of sp³-hybridized carbons (Fsp3) is 0.357. The molecule has 0 fully saturated rings. The van der Waals surface area contributed by atoms with Crippen LogP contribution in [0.15, 0.2) is 28.9 Å². The van der Waals surface area contributed by atoms with E-state index in [0.29, 0.717) is 18.1 Å². The minimum atomic E-state index is -0.184. The quantitative estimate of drug-likeness (QED) is 0.874. The van der Waals surface area contributed by atoms with Crippen molar-refractivity contribution in [1.82, 2.24) is 15.3 Å². The molecule has 2 heterocycles. The van der Waals surface area contributed by atoms with Crippen LogP contribution in [-0.4, -0.2) is 22.4 Å². The Labute approximate surface area is 117 Å². The van der Waals surface area contributed by atoms with Gasteiger partial charge in [0.2, 0.25) is 5.89 Å². The summed E-state index contributed by atoms with van der Waals surface area (Å²) >= 11 is 0. The summed E-state index contributed by atoms with van der Waals surface area (Å²) in [4.78, 5) is 19.9. The van der Waals surface area contributed by atoms with Crippen LogP contribution in [0.1, 0.15) is 42.0 Å². The lowest BCUT2D eigenvalue weighted by Crippen LogP contribution is -2.23. The molecule has 0 aliphatic heterocycles. The van der Waals surface area contributed by atoms with Gasteiger partial charge in [-0.05, 0) is 32.9 Å². The van der Waals surface area contributed by atoms with Gasteiger partial charge in [0, 0.05) is 18.4 Å². The van der Waals surface area contributed by atoms with Gasteiger partial charge in [0.05, 0.1) is 6.20 Å². The summed E-state index contributed by atoms with van der Waals surface area (Å²) < 4.78 is 5.47. The highest BCUT2D eigenvalue weighted by atomic mass is 16.4. The average Bonchev–Trinajstić information content (AvgIpc) is 2.86. The maximum atomic E-state index is 11.7. The highest BCUT2D eigenvalue weighted by Crippen LogP contribution is 2.19. The molecule has 2 aromatic heterocycles. The minimum absolute atomic E-state index is 0.0896. The summed E-state index contributed by atoms with van der Waals surface area (Å²) in [5.41, 5.74) is 1.18. The van der Waals surface area contributed by atoms with Crippen LogP contribution in [0.3, 0.4) is 0 Å². The van der Waals surface area contributed by atoms with Crippen LogP contribution in [0.25, 0.3) is 0 Å². The van der Waals surface area contributed by atoms with Gasteiger partial charge in [-0.25, -0.2) is 4.98 Å². The molecule has 0 aliphatic carbocycles. The number of oxazole rings is 1. The molecule has 20 heavy (non-hydrogen) atoms. The van der Waals surface area contributed by atoms with Crippen molar-refractivity contribution in [3.05, 3.63) is 41.9 Å². The maximum Gasteiger partial charge on any atom is 0.269 e. The van der Waals surface area contributed by atoms with Crippen LogP contribution in [0.2, 0.25) is 0 Å². The van der Waals surface area contributed by atoms with E-state index in [9.17, 15) is 4.79 Å². The van der Waals surface area contributed by atoms with E-state index in [4.69, 9.17) is 4.42 Å². The van der Waals surface area contributed by atoms with Gasteiger partial charge < -0.3 is 15.1 Å². The first-order valence-corrected chi connectivity index (χ1v) is 6.53. The molecule has 0 aromatic carbocycles. The molecule has 1 unspecified atom stereocenters.